The quantitative estimate of drug-likeness (QED) is 0.880. The second-order valence-corrected chi connectivity index (χ2v) is 5.90. The molecule has 0 spiro atoms. The third-order valence-corrected chi connectivity index (χ3v) is 3.42. The van der Waals surface area contributed by atoms with Gasteiger partial charge in [-0.15, -0.1) is 0 Å². The molecule has 1 aromatic carbocycles. The van der Waals surface area contributed by atoms with Crippen LogP contribution < -0.4 is 10.5 Å². The van der Waals surface area contributed by atoms with Crippen LogP contribution in [0.15, 0.2) is 17.0 Å². The van der Waals surface area contributed by atoms with Crippen molar-refractivity contribution in [2.45, 2.75) is 31.3 Å². The number of nitrogens with two attached hydrogens (primary N) is 1. The standard InChI is InChI=1S/C10H14ClFN2O2S/c1-6(2)14-5-7-3-8(17(13,15)16)4-9(12)10(7)11/h3-4,6,14H,5H2,1-2H3,(H2,13,15,16). The first-order valence-corrected chi connectivity index (χ1v) is 6.88. The van der Waals surface area contributed by atoms with Gasteiger partial charge in [-0.3, -0.25) is 0 Å². The van der Waals surface area contributed by atoms with Crippen molar-refractivity contribution in [1.29, 1.82) is 0 Å². The smallest absolute Gasteiger partial charge is 0.238 e. The summed E-state index contributed by atoms with van der Waals surface area (Å²) in [5, 5.41) is 7.87. The van der Waals surface area contributed by atoms with Gasteiger partial charge in [0.05, 0.1) is 9.92 Å². The average molecular weight is 281 g/mol. The molecule has 7 heteroatoms. The highest BCUT2D eigenvalue weighted by molar-refractivity contribution is 7.89. The zero-order valence-electron chi connectivity index (χ0n) is 9.50. The van der Waals surface area contributed by atoms with Crippen LogP contribution in [0.1, 0.15) is 19.4 Å². The predicted molar refractivity (Wildman–Crippen MR) is 64.8 cm³/mol. The number of nitrogens with one attached hydrogen (secondary N) is 1. The summed E-state index contributed by atoms with van der Waals surface area (Å²) in [5.41, 5.74) is 0.365. The summed E-state index contributed by atoms with van der Waals surface area (Å²) < 4.78 is 35.7. The van der Waals surface area contributed by atoms with Gasteiger partial charge in [0.15, 0.2) is 0 Å². The van der Waals surface area contributed by atoms with Crippen LogP contribution in [-0.2, 0) is 16.6 Å². The zero-order chi connectivity index (χ0) is 13.2. The van der Waals surface area contributed by atoms with Gasteiger partial charge in [0.1, 0.15) is 5.82 Å². The van der Waals surface area contributed by atoms with E-state index in [1.807, 2.05) is 13.8 Å². The van der Waals surface area contributed by atoms with Gasteiger partial charge in [0.2, 0.25) is 10.0 Å². The maximum atomic E-state index is 13.4. The van der Waals surface area contributed by atoms with E-state index in [9.17, 15) is 12.8 Å². The Labute approximate surface area is 105 Å². The monoisotopic (exact) mass is 280 g/mol. The Morgan fingerprint density at radius 3 is 2.53 bits per heavy atom. The van der Waals surface area contributed by atoms with Crippen LogP contribution in [0.3, 0.4) is 0 Å². The van der Waals surface area contributed by atoms with Crippen molar-refractivity contribution in [2.24, 2.45) is 5.14 Å². The molecule has 1 aromatic rings. The third-order valence-electron chi connectivity index (χ3n) is 2.11. The van der Waals surface area contributed by atoms with Crippen LogP contribution in [0.25, 0.3) is 0 Å². The molecule has 0 saturated carbocycles. The fourth-order valence-electron chi connectivity index (χ4n) is 1.23. The van der Waals surface area contributed by atoms with Gasteiger partial charge < -0.3 is 5.32 Å². The van der Waals surface area contributed by atoms with E-state index in [2.05, 4.69) is 5.32 Å². The van der Waals surface area contributed by atoms with Crippen LogP contribution in [0.5, 0.6) is 0 Å². The Hall–Kier alpha value is -0.690. The molecule has 0 aliphatic carbocycles. The van der Waals surface area contributed by atoms with E-state index in [1.54, 1.807) is 0 Å². The molecule has 0 amide bonds. The molecule has 0 aromatic heterocycles. The highest BCUT2D eigenvalue weighted by Crippen LogP contribution is 2.23. The molecule has 17 heavy (non-hydrogen) atoms. The van der Waals surface area contributed by atoms with Gasteiger partial charge in [0.25, 0.3) is 0 Å². The van der Waals surface area contributed by atoms with E-state index in [4.69, 9.17) is 16.7 Å². The molecule has 0 unspecified atom stereocenters. The molecule has 0 radical (unpaired) electrons. The lowest BCUT2D eigenvalue weighted by Crippen LogP contribution is -2.22. The zero-order valence-corrected chi connectivity index (χ0v) is 11.1. The Bertz CT molecular complexity index is 517. The van der Waals surface area contributed by atoms with Crippen molar-refractivity contribution in [3.8, 4) is 0 Å². The lowest BCUT2D eigenvalue weighted by atomic mass is 10.2. The van der Waals surface area contributed by atoms with Crippen molar-refractivity contribution in [2.75, 3.05) is 0 Å². The Balaban J connectivity index is 3.16. The summed E-state index contributed by atoms with van der Waals surface area (Å²) in [6, 6.07) is 2.26. The van der Waals surface area contributed by atoms with E-state index in [0.29, 0.717) is 5.56 Å². The highest BCUT2D eigenvalue weighted by Gasteiger charge is 2.15. The normalized spacial score (nSPS) is 12.1. The van der Waals surface area contributed by atoms with Crippen molar-refractivity contribution in [3.63, 3.8) is 0 Å². The van der Waals surface area contributed by atoms with Crippen molar-refractivity contribution in [3.05, 3.63) is 28.5 Å². The molecule has 1 rings (SSSR count). The van der Waals surface area contributed by atoms with Gasteiger partial charge >= 0.3 is 0 Å². The van der Waals surface area contributed by atoms with E-state index >= 15 is 0 Å². The van der Waals surface area contributed by atoms with Crippen LogP contribution in [0.4, 0.5) is 4.39 Å². The number of hydrogen-bond donors (Lipinski definition) is 2. The molecule has 0 heterocycles. The SMILES string of the molecule is CC(C)NCc1cc(S(N)(=O)=O)cc(F)c1Cl. The summed E-state index contributed by atoms with van der Waals surface area (Å²) in [6.07, 6.45) is 0. The van der Waals surface area contributed by atoms with Crippen molar-refractivity contribution < 1.29 is 12.8 Å². The summed E-state index contributed by atoms with van der Waals surface area (Å²) in [5.74, 6) is -0.793. The second-order valence-electron chi connectivity index (χ2n) is 3.96. The fraction of sp³-hybridized carbons (Fsp3) is 0.400. The molecular formula is C10H14ClFN2O2S. The largest absolute Gasteiger partial charge is 0.310 e. The maximum absolute atomic E-state index is 13.4. The number of halogens is 2. The molecule has 0 aliphatic rings. The number of hydrogen-bond acceptors (Lipinski definition) is 3. The lowest BCUT2D eigenvalue weighted by molar-refractivity contribution is 0.576. The maximum Gasteiger partial charge on any atom is 0.238 e. The van der Waals surface area contributed by atoms with Crippen LogP contribution in [-0.4, -0.2) is 14.5 Å². The summed E-state index contributed by atoms with van der Waals surface area (Å²) >= 11 is 5.75. The molecule has 3 N–H and O–H groups in total. The topological polar surface area (TPSA) is 72.2 Å². The number of sulfonamides is 1. The molecule has 4 nitrogen and oxygen atoms in total. The molecule has 0 atom stereocenters. The highest BCUT2D eigenvalue weighted by atomic mass is 35.5. The number of rotatable bonds is 4. The molecular weight excluding hydrogens is 267 g/mol. The second kappa shape index (κ2) is 5.30. The summed E-state index contributed by atoms with van der Waals surface area (Å²) in [4.78, 5) is -0.278. The first kappa shape index (κ1) is 14.4. The molecule has 0 aliphatic heterocycles. The molecule has 96 valence electrons. The Kier molecular flexibility index (Phi) is 4.48. The minimum atomic E-state index is -3.93. The van der Waals surface area contributed by atoms with Crippen LogP contribution in [0.2, 0.25) is 5.02 Å². The Morgan fingerprint density at radius 2 is 2.06 bits per heavy atom. The number of primary sulfonamides is 1. The van der Waals surface area contributed by atoms with Crippen LogP contribution in [0, 0.1) is 5.82 Å². The minimum Gasteiger partial charge on any atom is -0.310 e. The first-order chi connectivity index (χ1) is 7.71. The third kappa shape index (κ3) is 3.92. The average Bonchev–Trinajstić information content (AvgIpc) is 2.18. The van der Waals surface area contributed by atoms with E-state index in [1.165, 1.54) is 6.07 Å². The van der Waals surface area contributed by atoms with Gasteiger partial charge in [-0.1, -0.05) is 25.4 Å². The van der Waals surface area contributed by atoms with E-state index in [-0.39, 0.29) is 22.5 Å². The summed E-state index contributed by atoms with van der Waals surface area (Å²) in [7, 11) is -3.93. The van der Waals surface area contributed by atoms with Crippen molar-refractivity contribution in [1.82, 2.24) is 5.32 Å². The van der Waals surface area contributed by atoms with Gasteiger partial charge in [0, 0.05) is 12.6 Å². The molecule has 0 saturated heterocycles. The van der Waals surface area contributed by atoms with Crippen LogP contribution >= 0.6 is 11.6 Å². The molecule has 0 fully saturated rings. The molecule has 0 bridgehead atoms. The van der Waals surface area contributed by atoms with Crippen molar-refractivity contribution >= 4 is 21.6 Å². The van der Waals surface area contributed by atoms with Gasteiger partial charge in [-0.05, 0) is 17.7 Å². The lowest BCUT2D eigenvalue weighted by Gasteiger charge is -2.11. The van der Waals surface area contributed by atoms with E-state index in [0.717, 1.165) is 6.07 Å². The minimum absolute atomic E-state index is 0.0921. The van der Waals surface area contributed by atoms with Gasteiger partial charge in [-0.25, -0.2) is 17.9 Å². The predicted octanol–water partition coefficient (Wildman–Crippen LogP) is 1.62. The number of benzene rings is 1. The van der Waals surface area contributed by atoms with Gasteiger partial charge in [-0.2, -0.15) is 0 Å². The Morgan fingerprint density at radius 1 is 1.47 bits per heavy atom. The summed E-state index contributed by atoms with van der Waals surface area (Å²) in [6.45, 7) is 4.10. The first-order valence-electron chi connectivity index (χ1n) is 4.96. The fourth-order valence-corrected chi connectivity index (χ4v) is 1.98. The van der Waals surface area contributed by atoms with E-state index < -0.39 is 15.8 Å².